The summed E-state index contributed by atoms with van der Waals surface area (Å²) in [5, 5.41) is 0.756. The molecule has 0 aromatic heterocycles. The quantitative estimate of drug-likeness (QED) is 0.723. The van der Waals surface area contributed by atoms with Crippen molar-refractivity contribution in [2.45, 2.75) is 32.2 Å². The summed E-state index contributed by atoms with van der Waals surface area (Å²) in [5.74, 6) is 1.30. The van der Waals surface area contributed by atoms with E-state index in [1.165, 1.54) is 0 Å². The molecule has 3 rings (SSSR count). The Morgan fingerprint density at radius 3 is 2.72 bits per heavy atom. The Balaban J connectivity index is 1.75. The molecular formula is C21H24ClNO2. The molecule has 0 bridgehead atoms. The highest BCUT2D eigenvalue weighted by atomic mass is 35.5. The first kappa shape index (κ1) is 17.8. The first-order valence-electron chi connectivity index (χ1n) is 8.75. The van der Waals surface area contributed by atoms with Crippen LogP contribution in [0, 0.1) is 5.92 Å². The number of amides is 1. The molecule has 1 amide bonds. The third kappa shape index (κ3) is 3.67. The third-order valence-electron chi connectivity index (χ3n) is 5.08. The topological polar surface area (TPSA) is 29.5 Å². The maximum atomic E-state index is 13.1. The molecule has 25 heavy (non-hydrogen) atoms. The standard InChI is InChI=1S/C21H24ClNO2/c1-4-23(14(2)15-8-7-9-16(12-15)25-3)21(24)19-13-18(19)17-10-5-6-11-20(17)22/h5-12,14,18-19H,4,13H2,1-3H3. The largest absolute Gasteiger partial charge is 0.497 e. The Kier molecular flexibility index (Phi) is 5.33. The molecule has 2 aromatic carbocycles. The van der Waals surface area contributed by atoms with E-state index in [1.807, 2.05) is 60.4 Å². The summed E-state index contributed by atoms with van der Waals surface area (Å²) in [4.78, 5) is 15.0. The van der Waals surface area contributed by atoms with E-state index in [-0.39, 0.29) is 23.8 Å². The highest BCUT2D eigenvalue weighted by molar-refractivity contribution is 6.31. The van der Waals surface area contributed by atoms with Crippen molar-refractivity contribution in [3.63, 3.8) is 0 Å². The van der Waals surface area contributed by atoms with Crippen molar-refractivity contribution in [2.75, 3.05) is 13.7 Å². The number of hydrogen-bond donors (Lipinski definition) is 0. The number of hydrogen-bond acceptors (Lipinski definition) is 2. The van der Waals surface area contributed by atoms with Crippen molar-refractivity contribution in [2.24, 2.45) is 5.92 Å². The summed E-state index contributed by atoms with van der Waals surface area (Å²) < 4.78 is 5.31. The molecule has 3 nitrogen and oxygen atoms in total. The summed E-state index contributed by atoms with van der Waals surface area (Å²) >= 11 is 6.30. The highest BCUT2D eigenvalue weighted by Crippen LogP contribution is 2.51. The maximum absolute atomic E-state index is 13.1. The van der Waals surface area contributed by atoms with Crippen LogP contribution < -0.4 is 4.74 Å². The van der Waals surface area contributed by atoms with Gasteiger partial charge in [0, 0.05) is 17.5 Å². The Hall–Kier alpha value is -2.00. The summed E-state index contributed by atoms with van der Waals surface area (Å²) in [6, 6.07) is 15.8. The Morgan fingerprint density at radius 1 is 1.28 bits per heavy atom. The van der Waals surface area contributed by atoms with Crippen LogP contribution in [0.1, 0.15) is 43.4 Å². The van der Waals surface area contributed by atoms with Gasteiger partial charge in [-0.25, -0.2) is 0 Å². The number of benzene rings is 2. The van der Waals surface area contributed by atoms with Crippen LogP contribution in [-0.2, 0) is 4.79 Å². The molecule has 0 spiro atoms. The fraction of sp³-hybridized carbons (Fsp3) is 0.381. The van der Waals surface area contributed by atoms with Gasteiger partial charge in [0.05, 0.1) is 13.2 Å². The molecule has 1 fully saturated rings. The Morgan fingerprint density at radius 2 is 2.04 bits per heavy atom. The zero-order valence-electron chi connectivity index (χ0n) is 14.9. The van der Waals surface area contributed by atoms with E-state index in [2.05, 4.69) is 6.92 Å². The SMILES string of the molecule is CCN(C(=O)C1CC1c1ccccc1Cl)C(C)c1cccc(OC)c1. The molecule has 0 radical (unpaired) electrons. The van der Waals surface area contributed by atoms with E-state index < -0.39 is 0 Å². The Labute approximate surface area is 154 Å². The molecule has 3 atom stereocenters. The predicted molar refractivity (Wildman–Crippen MR) is 101 cm³/mol. The van der Waals surface area contributed by atoms with Gasteiger partial charge in [-0.15, -0.1) is 0 Å². The molecule has 1 aliphatic rings. The second kappa shape index (κ2) is 7.49. The number of methoxy groups -OCH3 is 1. The molecule has 1 aliphatic carbocycles. The fourth-order valence-corrected chi connectivity index (χ4v) is 3.78. The number of carbonyl (C=O) groups excluding carboxylic acids is 1. The van der Waals surface area contributed by atoms with Gasteiger partial charge in [0.25, 0.3) is 0 Å². The average Bonchev–Trinajstić information content (AvgIpc) is 3.43. The highest BCUT2D eigenvalue weighted by Gasteiger charge is 2.47. The molecule has 0 heterocycles. The first-order chi connectivity index (χ1) is 12.1. The van der Waals surface area contributed by atoms with E-state index in [4.69, 9.17) is 16.3 Å². The average molecular weight is 358 g/mol. The summed E-state index contributed by atoms with van der Waals surface area (Å²) in [6.45, 7) is 4.79. The normalized spacial score (nSPS) is 20.0. The van der Waals surface area contributed by atoms with Crippen LogP contribution in [0.3, 0.4) is 0 Å². The second-order valence-electron chi connectivity index (χ2n) is 6.55. The lowest BCUT2D eigenvalue weighted by Crippen LogP contribution is -2.34. The lowest BCUT2D eigenvalue weighted by molar-refractivity contribution is -0.134. The number of nitrogens with zero attached hydrogens (tertiary/aromatic N) is 1. The molecule has 0 N–H and O–H groups in total. The lowest BCUT2D eigenvalue weighted by atomic mass is 10.0. The van der Waals surface area contributed by atoms with Gasteiger partial charge < -0.3 is 9.64 Å². The molecule has 0 saturated heterocycles. The number of halogens is 1. The zero-order valence-corrected chi connectivity index (χ0v) is 15.7. The first-order valence-corrected chi connectivity index (χ1v) is 9.13. The predicted octanol–water partition coefficient (Wildman–Crippen LogP) is 5.06. The zero-order chi connectivity index (χ0) is 18.0. The van der Waals surface area contributed by atoms with Crippen molar-refractivity contribution >= 4 is 17.5 Å². The summed E-state index contributed by atoms with van der Waals surface area (Å²) in [6.07, 6.45) is 0.879. The third-order valence-corrected chi connectivity index (χ3v) is 5.42. The number of carbonyl (C=O) groups is 1. The van der Waals surface area contributed by atoms with Crippen molar-refractivity contribution < 1.29 is 9.53 Å². The van der Waals surface area contributed by atoms with Crippen LogP contribution in [0.15, 0.2) is 48.5 Å². The molecular weight excluding hydrogens is 334 g/mol. The smallest absolute Gasteiger partial charge is 0.226 e. The van der Waals surface area contributed by atoms with Crippen LogP contribution in [-0.4, -0.2) is 24.5 Å². The summed E-state index contributed by atoms with van der Waals surface area (Å²) in [5.41, 5.74) is 2.18. The van der Waals surface area contributed by atoms with Gasteiger partial charge in [0.1, 0.15) is 5.75 Å². The maximum Gasteiger partial charge on any atom is 0.226 e. The van der Waals surface area contributed by atoms with Gasteiger partial charge in [-0.2, -0.15) is 0 Å². The molecule has 4 heteroatoms. The molecule has 2 aromatic rings. The van der Waals surface area contributed by atoms with Gasteiger partial charge >= 0.3 is 0 Å². The molecule has 132 valence electrons. The minimum Gasteiger partial charge on any atom is -0.497 e. The second-order valence-corrected chi connectivity index (χ2v) is 6.95. The van der Waals surface area contributed by atoms with Crippen LogP contribution in [0.25, 0.3) is 0 Å². The lowest BCUT2D eigenvalue weighted by Gasteiger charge is -2.29. The van der Waals surface area contributed by atoms with Gasteiger partial charge in [0.2, 0.25) is 5.91 Å². The Bertz CT molecular complexity index is 761. The number of ether oxygens (including phenoxy) is 1. The van der Waals surface area contributed by atoms with Crippen LogP contribution >= 0.6 is 11.6 Å². The van der Waals surface area contributed by atoms with Gasteiger partial charge in [-0.3, -0.25) is 4.79 Å². The van der Waals surface area contributed by atoms with Crippen LogP contribution in [0.2, 0.25) is 5.02 Å². The van der Waals surface area contributed by atoms with E-state index >= 15 is 0 Å². The van der Waals surface area contributed by atoms with Crippen LogP contribution in [0.5, 0.6) is 5.75 Å². The van der Waals surface area contributed by atoms with Crippen LogP contribution in [0.4, 0.5) is 0 Å². The van der Waals surface area contributed by atoms with Crippen molar-refractivity contribution in [3.8, 4) is 5.75 Å². The minimum atomic E-state index is 0.0140. The molecule has 0 aliphatic heterocycles. The fourth-order valence-electron chi connectivity index (χ4n) is 3.50. The molecule has 1 saturated carbocycles. The van der Waals surface area contributed by atoms with E-state index in [0.717, 1.165) is 28.3 Å². The van der Waals surface area contributed by atoms with Gasteiger partial charge in [-0.1, -0.05) is 41.9 Å². The molecule has 3 unspecified atom stereocenters. The monoisotopic (exact) mass is 357 g/mol. The minimum absolute atomic E-state index is 0.0140. The van der Waals surface area contributed by atoms with E-state index in [9.17, 15) is 4.79 Å². The van der Waals surface area contributed by atoms with E-state index in [1.54, 1.807) is 7.11 Å². The van der Waals surface area contributed by atoms with Crippen molar-refractivity contribution in [1.29, 1.82) is 0 Å². The van der Waals surface area contributed by atoms with Crippen molar-refractivity contribution in [1.82, 2.24) is 4.90 Å². The number of rotatable bonds is 6. The van der Waals surface area contributed by atoms with Crippen molar-refractivity contribution in [3.05, 3.63) is 64.7 Å². The van der Waals surface area contributed by atoms with Gasteiger partial charge in [0.15, 0.2) is 0 Å². The summed E-state index contributed by atoms with van der Waals surface area (Å²) in [7, 11) is 1.66. The van der Waals surface area contributed by atoms with E-state index in [0.29, 0.717) is 6.54 Å². The van der Waals surface area contributed by atoms with Gasteiger partial charge in [-0.05, 0) is 55.5 Å².